The molecule has 3 aromatic rings. The van der Waals surface area contributed by atoms with Crippen LogP contribution < -0.4 is 0 Å². The molecule has 4 rings (SSSR count). The van der Waals surface area contributed by atoms with Crippen molar-refractivity contribution in [2.75, 3.05) is 19.6 Å². The molecule has 0 radical (unpaired) electrons. The third-order valence-corrected chi connectivity index (χ3v) is 5.62. The lowest BCUT2D eigenvalue weighted by Crippen LogP contribution is -2.31. The van der Waals surface area contributed by atoms with Crippen LogP contribution in [0.25, 0.3) is 16.4 Å². The molecule has 0 unspecified atom stereocenters. The molecular weight excluding hydrogens is 377 g/mol. The molecule has 1 fully saturated rings. The fraction of sp³-hybridized carbons (Fsp3) is 0.500. The van der Waals surface area contributed by atoms with Gasteiger partial charge in [-0.25, -0.2) is 4.98 Å². The Morgan fingerprint density at radius 3 is 2.48 bits per heavy atom. The maximum Gasteiger partial charge on any atom is 0.113 e. The van der Waals surface area contributed by atoms with Crippen LogP contribution in [0.15, 0.2) is 30.5 Å². The molecule has 27 heavy (non-hydrogen) atoms. The molecule has 5 heteroatoms. The second-order valence-electron chi connectivity index (χ2n) is 7.44. The highest BCUT2D eigenvalue weighted by Gasteiger charge is 2.18. The van der Waals surface area contributed by atoms with Crippen LogP contribution in [0.1, 0.15) is 49.6 Å². The molecule has 2 aromatic heterocycles. The minimum atomic E-state index is 0. The molecule has 1 saturated heterocycles. The monoisotopic (exact) mass is 407 g/mol. The second kappa shape index (κ2) is 9.77. The van der Waals surface area contributed by atoms with Gasteiger partial charge in [-0.2, -0.15) is 0 Å². The first-order chi connectivity index (χ1) is 12.3. The first kappa shape index (κ1) is 22.0. The summed E-state index contributed by atoms with van der Waals surface area (Å²) in [5.41, 5.74) is 5.53. The molecule has 1 aliphatic rings. The van der Waals surface area contributed by atoms with Crippen LogP contribution in [0.4, 0.5) is 0 Å². The summed E-state index contributed by atoms with van der Waals surface area (Å²) in [6, 6.07) is 8.88. The molecule has 0 atom stereocenters. The fourth-order valence-electron chi connectivity index (χ4n) is 4.39. The summed E-state index contributed by atoms with van der Waals surface area (Å²) in [7, 11) is 0. The third-order valence-electron chi connectivity index (χ3n) is 5.62. The van der Waals surface area contributed by atoms with E-state index >= 15 is 0 Å². The zero-order chi connectivity index (χ0) is 17.2. The Hall–Kier alpha value is -1.29. The highest BCUT2D eigenvalue weighted by molar-refractivity contribution is 5.93. The number of benzene rings is 1. The van der Waals surface area contributed by atoms with Gasteiger partial charge in [0, 0.05) is 24.5 Å². The number of fused-ring (bicyclic) bond motifs is 3. The van der Waals surface area contributed by atoms with Crippen LogP contribution in [-0.4, -0.2) is 33.9 Å². The van der Waals surface area contributed by atoms with Crippen molar-refractivity contribution >= 4 is 41.2 Å². The third kappa shape index (κ3) is 4.26. The topological polar surface area (TPSA) is 20.5 Å². The molecule has 3 heterocycles. The number of aryl methyl sites for hydroxylation is 2. The van der Waals surface area contributed by atoms with Crippen molar-refractivity contribution in [1.29, 1.82) is 0 Å². The lowest BCUT2D eigenvalue weighted by atomic mass is 10.1. The predicted molar refractivity (Wildman–Crippen MR) is 120 cm³/mol. The average Bonchev–Trinajstić information content (AvgIpc) is 2.99. The van der Waals surface area contributed by atoms with Crippen LogP contribution in [0.2, 0.25) is 0 Å². The lowest BCUT2D eigenvalue weighted by Gasteiger charge is -2.26. The van der Waals surface area contributed by atoms with Crippen molar-refractivity contribution in [3.05, 3.63) is 47.4 Å². The van der Waals surface area contributed by atoms with E-state index in [4.69, 9.17) is 4.98 Å². The zero-order valence-electron chi connectivity index (χ0n) is 16.4. The summed E-state index contributed by atoms with van der Waals surface area (Å²) in [6.07, 6.45) is 9.49. The molecule has 3 nitrogen and oxygen atoms in total. The Morgan fingerprint density at radius 1 is 1.00 bits per heavy atom. The van der Waals surface area contributed by atoms with Gasteiger partial charge in [0.25, 0.3) is 0 Å². The minimum absolute atomic E-state index is 0. The number of likely N-dealkylation sites (tertiary alicyclic amines) is 1. The summed E-state index contributed by atoms with van der Waals surface area (Å²) in [4.78, 5) is 7.41. The van der Waals surface area contributed by atoms with Crippen molar-refractivity contribution < 1.29 is 0 Å². The van der Waals surface area contributed by atoms with E-state index in [1.165, 1.54) is 72.3 Å². The van der Waals surface area contributed by atoms with Crippen molar-refractivity contribution in [3.63, 3.8) is 0 Å². The van der Waals surface area contributed by atoms with Gasteiger partial charge in [-0.05, 0) is 62.9 Å². The normalized spacial score (nSPS) is 14.9. The molecule has 1 aliphatic heterocycles. The lowest BCUT2D eigenvalue weighted by molar-refractivity contribution is 0.232. The summed E-state index contributed by atoms with van der Waals surface area (Å²) in [5, 5.41) is 1.41. The number of nitrogens with zero attached hydrogens (tertiary/aromatic N) is 3. The molecule has 0 bridgehead atoms. The van der Waals surface area contributed by atoms with Crippen LogP contribution >= 0.6 is 24.8 Å². The molecule has 0 aliphatic carbocycles. The van der Waals surface area contributed by atoms with E-state index in [2.05, 4.69) is 53.6 Å². The van der Waals surface area contributed by atoms with E-state index in [-0.39, 0.29) is 24.8 Å². The van der Waals surface area contributed by atoms with Crippen molar-refractivity contribution in [3.8, 4) is 0 Å². The van der Waals surface area contributed by atoms with E-state index < -0.39 is 0 Å². The SMILES string of the molecule is CCCc1ncc(C)c2c(CCN3CCCCC3)c3ccccc3n12.Cl.Cl. The minimum Gasteiger partial charge on any atom is -0.303 e. The quantitative estimate of drug-likeness (QED) is 0.546. The number of aromatic nitrogens is 2. The number of piperidine rings is 1. The van der Waals surface area contributed by atoms with Crippen LogP contribution in [0.3, 0.4) is 0 Å². The number of hydrogen-bond donors (Lipinski definition) is 0. The molecule has 0 amide bonds. The summed E-state index contributed by atoms with van der Waals surface area (Å²) in [6.45, 7) is 8.16. The first-order valence-corrected chi connectivity index (χ1v) is 9.88. The largest absolute Gasteiger partial charge is 0.303 e. The maximum absolute atomic E-state index is 4.76. The fourth-order valence-corrected chi connectivity index (χ4v) is 4.39. The van der Waals surface area contributed by atoms with Gasteiger partial charge in [0.05, 0.1) is 11.0 Å². The van der Waals surface area contributed by atoms with E-state index in [0.717, 1.165) is 19.3 Å². The van der Waals surface area contributed by atoms with Gasteiger partial charge in [0.15, 0.2) is 0 Å². The number of hydrogen-bond acceptors (Lipinski definition) is 2. The van der Waals surface area contributed by atoms with Crippen LogP contribution in [0.5, 0.6) is 0 Å². The molecule has 148 valence electrons. The Balaban J connectivity index is 0.00000131. The van der Waals surface area contributed by atoms with Gasteiger partial charge >= 0.3 is 0 Å². The maximum atomic E-state index is 4.76. The smallest absolute Gasteiger partial charge is 0.113 e. The number of rotatable bonds is 5. The van der Waals surface area contributed by atoms with Gasteiger partial charge in [-0.15, -0.1) is 24.8 Å². The zero-order valence-corrected chi connectivity index (χ0v) is 18.0. The number of para-hydroxylation sites is 1. The second-order valence-corrected chi connectivity index (χ2v) is 7.44. The molecule has 0 N–H and O–H groups in total. The van der Waals surface area contributed by atoms with Gasteiger partial charge < -0.3 is 4.90 Å². The summed E-state index contributed by atoms with van der Waals surface area (Å²) in [5.74, 6) is 1.20. The van der Waals surface area contributed by atoms with Gasteiger partial charge in [-0.1, -0.05) is 31.5 Å². The Kier molecular flexibility index (Phi) is 7.96. The molecule has 1 aromatic carbocycles. The van der Waals surface area contributed by atoms with Crippen LogP contribution in [-0.2, 0) is 12.8 Å². The van der Waals surface area contributed by atoms with E-state index in [0.29, 0.717) is 0 Å². The predicted octanol–water partition coefficient (Wildman–Crippen LogP) is 5.62. The van der Waals surface area contributed by atoms with Crippen molar-refractivity contribution in [2.45, 2.75) is 52.4 Å². The average molecular weight is 408 g/mol. The highest BCUT2D eigenvalue weighted by atomic mass is 35.5. The Bertz CT molecular complexity index is 882. The summed E-state index contributed by atoms with van der Waals surface area (Å²) < 4.78 is 2.43. The Labute approximate surface area is 175 Å². The molecule has 0 spiro atoms. The first-order valence-electron chi connectivity index (χ1n) is 9.88. The van der Waals surface area contributed by atoms with Crippen molar-refractivity contribution in [2.24, 2.45) is 0 Å². The van der Waals surface area contributed by atoms with Crippen LogP contribution in [0, 0.1) is 6.92 Å². The van der Waals surface area contributed by atoms with Gasteiger partial charge in [0.1, 0.15) is 5.82 Å². The van der Waals surface area contributed by atoms with E-state index in [1.807, 2.05) is 0 Å². The molecule has 0 saturated carbocycles. The van der Waals surface area contributed by atoms with E-state index in [1.54, 1.807) is 0 Å². The van der Waals surface area contributed by atoms with E-state index in [9.17, 15) is 0 Å². The highest BCUT2D eigenvalue weighted by Crippen LogP contribution is 2.30. The standard InChI is InChI=1S/C22H29N3.2ClH/c1-3-9-21-23-16-17(2)22-19(12-15-24-13-7-4-8-14-24)18-10-5-6-11-20(18)25(21)22;;/h5-6,10-11,16H,3-4,7-9,12-15H2,1-2H3;2*1H. The van der Waals surface area contributed by atoms with Gasteiger partial charge in [0.2, 0.25) is 0 Å². The summed E-state index contributed by atoms with van der Waals surface area (Å²) >= 11 is 0. The molecular formula is C22H31Cl2N3. The Morgan fingerprint density at radius 2 is 1.74 bits per heavy atom. The number of halogens is 2. The van der Waals surface area contributed by atoms with Crippen molar-refractivity contribution in [1.82, 2.24) is 14.3 Å². The van der Waals surface area contributed by atoms with Gasteiger partial charge in [-0.3, -0.25) is 4.40 Å².